The molecule has 16 heavy (non-hydrogen) atoms. The van der Waals surface area contributed by atoms with E-state index in [2.05, 4.69) is 0 Å². The lowest BCUT2D eigenvalue weighted by molar-refractivity contribution is 0.101. The van der Waals surface area contributed by atoms with Crippen molar-refractivity contribution in [3.05, 3.63) is 33.1 Å². The second-order valence-electron chi connectivity index (χ2n) is 3.58. The van der Waals surface area contributed by atoms with Gasteiger partial charge in [0.05, 0.1) is 12.6 Å². The Kier molecular flexibility index (Phi) is 4.45. The molecule has 1 atom stereocenters. The van der Waals surface area contributed by atoms with Crippen molar-refractivity contribution in [3.8, 4) is 0 Å². The average molecular weight is 227 g/mol. The maximum atomic E-state index is 11.8. The second kappa shape index (κ2) is 5.62. The van der Waals surface area contributed by atoms with Gasteiger partial charge in [0.1, 0.15) is 0 Å². The molecule has 0 aliphatic rings. The van der Waals surface area contributed by atoms with Crippen molar-refractivity contribution in [1.29, 1.82) is 0 Å². The lowest BCUT2D eigenvalue weighted by Crippen LogP contribution is -2.41. The largest absolute Gasteiger partial charge is 0.380 e. The summed E-state index contributed by atoms with van der Waals surface area (Å²) in [4.78, 5) is 23.2. The molecule has 0 aliphatic heterocycles. The van der Waals surface area contributed by atoms with Crippen molar-refractivity contribution < 1.29 is 4.74 Å². The summed E-state index contributed by atoms with van der Waals surface area (Å²) in [7, 11) is 1.58. The third-order valence-corrected chi connectivity index (χ3v) is 2.35. The van der Waals surface area contributed by atoms with Crippen molar-refractivity contribution in [3.63, 3.8) is 0 Å². The Morgan fingerprint density at radius 2 is 2.19 bits per heavy atom. The molecule has 0 aliphatic carbocycles. The van der Waals surface area contributed by atoms with Gasteiger partial charge < -0.3 is 10.5 Å². The number of ether oxygens (including phenoxy) is 1. The number of methoxy groups -OCH3 is 1. The molecular formula is C10H17N3O3. The van der Waals surface area contributed by atoms with Crippen LogP contribution in [0.5, 0.6) is 0 Å². The van der Waals surface area contributed by atoms with Gasteiger partial charge in [-0.15, -0.1) is 0 Å². The molecule has 0 fully saturated rings. The molecule has 1 aromatic rings. The number of hydrogen-bond donors (Lipinski definition) is 1. The summed E-state index contributed by atoms with van der Waals surface area (Å²) in [5, 5.41) is 0. The van der Waals surface area contributed by atoms with Crippen molar-refractivity contribution >= 4 is 0 Å². The molecule has 0 aromatic carbocycles. The van der Waals surface area contributed by atoms with E-state index in [9.17, 15) is 9.59 Å². The Balaban J connectivity index is 3.09. The molecule has 2 N–H and O–H groups in total. The summed E-state index contributed by atoms with van der Waals surface area (Å²) in [6.07, 6.45) is 1.40. The first-order valence-electron chi connectivity index (χ1n) is 5.13. The van der Waals surface area contributed by atoms with Gasteiger partial charge in [0.15, 0.2) is 0 Å². The average Bonchev–Trinajstić information content (AvgIpc) is 2.28. The monoisotopic (exact) mass is 227 g/mol. The maximum absolute atomic E-state index is 11.8. The number of rotatable bonds is 5. The molecule has 1 rings (SSSR count). The number of nitrogens with zero attached hydrogens (tertiary/aromatic N) is 2. The van der Waals surface area contributed by atoms with Crippen molar-refractivity contribution in [1.82, 2.24) is 9.13 Å². The molecule has 1 aromatic heterocycles. The molecule has 6 heteroatoms. The molecule has 1 unspecified atom stereocenters. The maximum Gasteiger partial charge on any atom is 0.331 e. The fourth-order valence-electron chi connectivity index (χ4n) is 1.38. The minimum Gasteiger partial charge on any atom is -0.380 e. The van der Waals surface area contributed by atoms with E-state index in [1.54, 1.807) is 7.11 Å². The van der Waals surface area contributed by atoms with Crippen molar-refractivity contribution in [2.24, 2.45) is 5.73 Å². The van der Waals surface area contributed by atoms with E-state index in [0.29, 0.717) is 6.54 Å². The molecule has 1 heterocycles. The lowest BCUT2D eigenvalue weighted by Gasteiger charge is -2.13. The molecule has 0 spiro atoms. The predicted octanol–water partition coefficient (Wildman–Crippen LogP) is -0.996. The topological polar surface area (TPSA) is 79.2 Å². The SMILES string of the molecule is COC(C)Cn1ccc(=O)n(CCN)c1=O. The summed E-state index contributed by atoms with van der Waals surface area (Å²) in [5.41, 5.74) is 4.68. The smallest absolute Gasteiger partial charge is 0.331 e. The molecule has 0 amide bonds. The van der Waals surface area contributed by atoms with E-state index in [-0.39, 0.29) is 30.4 Å². The van der Waals surface area contributed by atoms with Crippen molar-refractivity contribution in [2.75, 3.05) is 13.7 Å². The molecule has 0 saturated heterocycles. The second-order valence-corrected chi connectivity index (χ2v) is 3.58. The first-order valence-corrected chi connectivity index (χ1v) is 5.13. The van der Waals surface area contributed by atoms with Gasteiger partial charge in [-0.2, -0.15) is 0 Å². The molecule has 90 valence electrons. The Hall–Kier alpha value is -1.40. The Morgan fingerprint density at radius 3 is 2.75 bits per heavy atom. The van der Waals surface area contributed by atoms with Crippen LogP contribution in [0.4, 0.5) is 0 Å². The third kappa shape index (κ3) is 2.80. The zero-order valence-corrected chi connectivity index (χ0v) is 9.55. The highest BCUT2D eigenvalue weighted by Gasteiger charge is 2.07. The van der Waals surface area contributed by atoms with Gasteiger partial charge in [-0.25, -0.2) is 4.79 Å². The van der Waals surface area contributed by atoms with Gasteiger partial charge in [0.25, 0.3) is 5.56 Å². The first-order chi connectivity index (χ1) is 7.60. The van der Waals surface area contributed by atoms with Gasteiger partial charge in [-0.1, -0.05) is 0 Å². The number of hydrogen-bond acceptors (Lipinski definition) is 4. The standard InChI is InChI=1S/C10H17N3O3/c1-8(16-2)7-12-5-3-9(14)13(6-4-11)10(12)15/h3,5,8H,4,6-7,11H2,1-2H3. The molecular weight excluding hydrogens is 210 g/mol. The molecule has 6 nitrogen and oxygen atoms in total. The minimum atomic E-state index is -0.346. The van der Waals surface area contributed by atoms with E-state index >= 15 is 0 Å². The number of aromatic nitrogens is 2. The van der Waals surface area contributed by atoms with Crippen LogP contribution in [0.3, 0.4) is 0 Å². The molecule has 0 radical (unpaired) electrons. The fraction of sp³-hybridized carbons (Fsp3) is 0.600. The Bertz CT molecular complexity index is 449. The van der Waals surface area contributed by atoms with Gasteiger partial charge in [0.2, 0.25) is 0 Å². The van der Waals surface area contributed by atoms with Crippen LogP contribution in [0.2, 0.25) is 0 Å². The highest BCUT2D eigenvalue weighted by atomic mass is 16.5. The normalized spacial score (nSPS) is 12.7. The Morgan fingerprint density at radius 1 is 1.50 bits per heavy atom. The van der Waals surface area contributed by atoms with Crippen LogP contribution >= 0.6 is 0 Å². The summed E-state index contributed by atoms with van der Waals surface area (Å²) in [6, 6.07) is 1.36. The van der Waals surface area contributed by atoms with E-state index < -0.39 is 0 Å². The van der Waals surface area contributed by atoms with Gasteiger partial charge in [0, 0.05) is 32.5 Å². The van der Waals surface area contributed by atoms with Crippen LogP contribution in [0.15, 0.2) is 21.9 Å². The molecule has 0 saturated carbocycles. The summed E-state index contributed by atoms with van der Waals surface area (Å²) >= 11 is 0. The first kappa shape index (κ1) is 12.7. The van der Waals surface area contributed by atoms with Crippen LogP contribution in [0, 0.1) is 0 Å². The Labute approximate surface area is 93.3 Å². The lowest BCUT2D eigenvalue weighted by atomic mass is 10.4. The van der Waals surface area contributed by atoms with E-state index in [1.165, 1.54) is 16.8 Å². The van der Waals surface area contributed by atoms with E-state index in [0.717, 1.165) is 4.57 Å². The summed E-state index contributed by atoms with van der Waals surface area (Å²) in [5.74, 6) is 0. The quantitative estimate of drug-likeness (QED) is 0.700. The number of nitrogens with two attached hydrogens (primary N) is 1. The van der Waals surface area contributed by atoms with E-state index in [1.807, 2.05) is 6.92 Å². The molecule has 0 bridgehead atoms. The highest BCUT2D eigenvalue weighted by Crippen LogP contribution is 1.91. The van der Waals surface area contributed by atoms with Crippen LogP contribution in [0.25, 0.3) is 0 Å². The van der Waals surface area contributed by atoms with Crippen LogP contribution in [-0.4, -0.2) is 28.9 Å². The predicted molar refractivity (Wildman–Crippen MR) is 60.5 cm³/mol. The zero-order valence-electron chi connectivity index (χ0n) is 9.55. The zero-order chi connectivity index (χ0) is 12.1. The van der Waals surface area contributed by atoms with Crippen LogP contribution in [0.1, 0.15) is 6.92 Å². The highest BCUT2D eigenvalue weighted by molar-refractivity contribution is 4.86. The van der Waals surface area contributed by atoms with Gasteiger partial charge in [-0.3, -0.25) is 13.9 Å². The van der Waals surface area contributed by atoms with Gasteiger partial charge >= 0.3 is 5.69 Å². The third-order valence-electron chi connectivity index (χ3n) is 2.35. The van der Waals surface area contributed by atoms with Crippen molar-refractivity contribution in [2.45, 2.75) is 26.1 Å². The minimum absolute atomic E-state index is 0.0819. The van der Waals surface area contributed by atoms with E-state index in [4.69, 9.17) is 10.5 Å². The van der Waals surface area contributed by atoms with Gasteiger partial charge in [-0.05, 0) is 6.92 Å². The summed E-state index contributed by atoms with van der Waals surface area (Å²) in [6.45, 7) is 2.77. The summed E-state index contributed by atoms with van der Waals surface area (Å²) < 4.78 is 7.64. The van der Waals surface area contributed by atoms with Crippen LogP contribution < -0.4 is 17.0 Å². The van der Waals surface area contributed by atoms with Crippen LogP contribution in [-0.2, 0) is 17.8 Å². The fourth-order valence-corrected chi connectivity index (χ4v) is 1.38.